The molecule has 1 aliphatic rings. The normalized spacial score (nSPS) is 33.6. The van der Waals surface area contributed by atoms with Crippen molar-refractivity contribution in [3.63, 3.8) is 0 Å². The van der Waals surface area contributed by atoms with E-state index in [9.17, 15) is 0 Å². The van der Waals surface area contributed by atoms with E-state index in [1.54, 1.807) is 12.3 Å². The fourth-order valence-corrected chi connectivity index (χ4v) is 3.98. The molecule has 1 rings (SSSR count). The van der Waals surface area contributed by atoms with Gasteiger partial charge in [-0.1, -0.05) is 16.5 Å². The monoisotopic (exact) mass is 106 g/mol. The van der Waals surface area contributed by atoms with E-state index in [1.807, 2.05) is 0 Å². The molecule has 0 aromatic carbocycles. The van der Waals surface area contributed by atoms with Crippen LogP contribution in [0, 0.1) is 0 Å². The fraction of sp³-hybridized carbons (Fsp3) is 1.00. The maximum absolute atomic E-state index is 1.54. The third kappa shape index (κ3) is 1.16. The zero-order chi connectivity index (χ0) is 3.54. The second-order valence-electron chi connectivity index (χ2n) is 1.21. The van der Waals surface area contributed by atoms with Gasteiger partial charge in [-0.25, -0.2) is 0 Å². The van der Waals surface area contributed by atoms with Gasteiger partial charge in [-0.15, -0.1) is 0 Å². The first-order valence-electron chi connectivity index (χ1n) is 1.96. The minimum atomic E-state index is 1.34. The topological polar surface area (TPSA) is 0 Å². The lowest BCUT2D eigenvalue weighted by atomic mass is 10.6. The average Bonchev–Trinajstić information content (AvgIpc) is 1.76. The van der Waals surface area contributed by atoms with E-state index >= 15 is 0 Å². The molecule has 1 saturated heterocycles. The second kappa shape index (κ2) is 2.11. The number of rotatable bonds is 0. The first kappa shape index (κ1) is 4.03. The van der Waals surface area contributed by atoms with Gasteiger partial charge in [-0.2, -0.15) is 0 Å². The summed E-state index contributed by atoms with van der Waals surface area (Å²) in [4.78, 5) is 0. The first-order valence-corrected chi connectivity index (χ1v) is 5.37. The van der Waals surface area contributed by atoms with Gasteiger partial charge >= 0.3 is 0 Å². The Hall–Kier alpha value is 0.860. The third-order valence-electron chi connectivity index (χ3n) is 0.729. The Morgan fingerprint density at radius 2 is 1.60 bits per heavy atom. The Morgan fingerprint density at radius 1 is 1.00 bits per heavy atom. The van der Waals surface area contributed by atoms with Gasteiger partial charge in [0.05, 0.1) is 0 Å². The van der Waals surface area contributed by atoms with Gasteiger partial charge in [-0.3, -0.25) is 0 Å². The summed E-state index contributed by atoms with van der Waals surface area (Å²) in [7, 11) is 2.67. The van der Waals surface area contributed by atoms with Crippen LogP contribution < -0.4 is 0 Å². The number of hydrogen-bond donors (Lipinski definition) is 0. The van der Waals surface area contributed by atoms with E-state index in [0.717, 1.165) is 0 Å². The average molecular weight is 106 g/mol. The maximum Gasteiger partial charge on any atom is -0.0313 e. The molecule has 0 saturated carbocycles. The summed E-state index contributed by atoms with van der Waals surface area (Å²) in [5.74, 6) is 0. The van der Waals surface area contributed by atoms with Crippen LogP contribution in [-0.2, 0) is 0 Å². The molecule has 2 atom stereocenters. The van der Waals surface area contributed by atoms with Gasteiger partial charge in [0.2, 0.25) is 0 Å². The first-order chi connectivity index (χ1) is 2.50. The van der Waals surface area contributed by atoms with E-state index in [1.165, 1.54) is 23.0 Å². The van der Waals surface area contributed by atoms with Crippen LogP contribution in [0.2, 0.25) is 0 Å². The van der Waals surface area contributed by atoms with Crippen molar-refractivity contribution in [1.29, 1.82) is 0 Å². The van der Waals surface area contributed by atoms with Crippen LogP contribution in [0.15, 0.2) is 0 Å². The summed E-state index contributed by atoms with van der Waals surface area (Å²) in [6, 6.07) is 0. The van der Waals surface area contributed by atoms with Gasteiger partial charge in [0.15, 0.2) is 0 Å². The molecule has 2 unspecified atom stereocenters. The molecular weight excluding hydrogens is 98.0 g/mol. The standard InChI is InChI=1S/C3H8P2/c1-2-4-5-3-1/h4-5H,1-3H2. The summed E-state index contributed by atoms with van der Waals surface area (Å²) >= 11 is 0. The Labute approximate surface area is 36.2 Å². The highest BCUT2D eigenvalue weighted by Crippen LogP contribution is 2.43. The van der Waals surface area contributed by atoms with Gasteiger partial charge in [-0.05, 0) is 18.7 Å². The minimum absolute atomic E-state index is 1.34. The van der Waals surface area contributed by atoms with E-state index < -0.39 is 0 Å². The highest BCUT2D eigenvalue weighted by molar-refractivity contribution is 8.12. The van der Waals surface area contributed by atoms with E-state index in [0.29, 0.717) is 0 Å². The summed E-state index contributed by atoms with van der Waals surface area (Å²) in [6.07, 6.45) is 4.60. The van der Waals surface area contributed by atoms with Crippen LogP contribution in [0.3, 0.4) is 0 Å². The van der Waals surface area contributed by atoms with Crippen molar-refractivity contribution in [3.8, 4) is 0 Å². The maximum atomic E-state index is 1.54. The molecule has 0 aromatic rings. The predicted octanol–water partition coefficient (Wildman–Crippen LogP) is 1.66. The molecule has 5 heavy (non-hydrogen) atoms. The van der Waals surface area contributed by atoms with Gasteiger partial charge in [0.1, 0.15) is 0 Å². The van der Waals surface area contributed by atoms with Crippen molar-refractivity contribution in [2.24, 2.45) is 0 Å². The SMILES string of the molecule is C1CPPC1. The quantitative estimate of drug-likeness (QED) is 0.412. The Balaban J connectivity index is 2.08. The molecule has 2 heteroatoms. The summed E-state index contributed by atoms with van der Waals surface area (Å²) in [6.45, 7) is 0. The smallest absolute Gasteiger partial charge is 0.0313 e. The molecule has 0 nitrogen and oxygen atoms in total. The van der Waals surface area contributed by atoms with Crippen LogP contribution in [0.1, 0.15) is 6.42 Å². The highest BCUT2D eigenvalue weighted by Gasteiger charge is 1.94. The minimum Gasteiger partial charge on any atom is -0.0992 e. The van der Waals surface area contributed by atoms with Crippen molar-refractivity contribution in [2.45, 2.75) is 6.42 Å². The second-order valence-corrected chi connectivity index (χ2v) is 5.04. The summed E-state index contributed by atoms with van der Waals surface area (Å²) in [5, 5.41) is 0. The van der Waals surface area contributed by atoms with Crippen molar-refractivity contribution >= 4 is 16.5 Å². The van der Waals surface area contributed by atoms with E-state index in [2.05, 4.69) is 0 Å². The largest absolute Gasteiger partial charge is 0.0992 e. The predicted molar refractivity (Wildman–Crippen MR) is 31.0 cm³/mol. The van der Waals surface area contributed by atoms with Crippen molar-refractivity contribution < 1.29 is 0 Å². The Bertz CT molecular complexity index is 16.5. The van der Waals surface area contributed by atoms with E-state index in [-0.39, 0.29) is 0 Å². The lowest BCUT2D eigenvalue weighted by molar-refractivity contribution is 1.14. The molecule has 1 fully saturated rings. The van der Waals surface area contributed by atoms with E-state index in [4.69, 9.17) is 0 Å². The van der Waals surface area contributed by atoms with Crippen molar-refractivity contribution in [3.05, 3.63) is 0 Å². The van der Waals surface area contributed by atoms with Gasteiger partial charge in [0.25, 0.3) is 0 Å². The molecule has 1 heterocycles. The third-order valence-corrected chi connectivity index (χ3v) is 4.44. The van der Waals surface area contributed by atoms with Crippen LogP contribution >= 0.6 is 16.5 Å². The fourth-order valence-electron chi connectivity index (χ4n) is 0.442. The molecule has 1 aliphatic heterocycles. The molecule has 0 N–H and O–H groups in total. The Morgan fingerprint density at radius 3 is 1.80 bits per heavy atom. The van der Waals surface area contributed by atoms with Gasteiger partial charge < -0.3 is 0 Å². The lowest BCUT2D eigenvalue weighted by Crippen LogP contribution is -1.62. The van der Waals surface area contributed by atoms with Crippen molar-refractivity contribution in [1.82, 2.24) is 0 Å². The van der Waals surface area contributed by atoms with Crippen LogP contribution in [0.4, 0.5) is 0 Å². The summed E-state index contributed by atoms with van der Waals surface area (Å²) < 4.78 is 0. The van der Waals surface area contributed by atoms with Crippen LogP contribution in [-0.4, -0.2) is 12.3 Å². The molecule has 30 valence electrons. The zero-order valence-electron chi connectivity index (χ0n) is 3.12. The van der Waals surface area contributed by atoms with Gasteiger partial charge in [0, 0.05) is 0 Å². The van der Waals surface area contributed by atoms with Crippen molar-refractivity contribution in [2.75, 3.05) is 12.3 Å². The number of hydrogen-bond acceptors (Lipinski definition) is 0. The molecule has 0 bridgehead atoms. The molecule has 0 amide bonds. The highest BCUT2D eigenvalue weighted by atomic mass is 32.0. The molecular formula is C3H8P2. The van der Waals surface area contributed by atoms with Crippen LogP contribution in [0.5, 0.6) is 0 Å². The molecule has 0 radical (unpaired) electrons. The Kier molecular flexibility index (Phi) is 1.70. The molecule has 0 aliphatic carbocycles. The summed E-state index contributed by atoms with van der Waals surface area (Å²) in [5.41, 5.74) is 0. The lowest BCUT2D eigenvalue weighted by Gasteiger charge is -1.70. The van der Waals surface area contributed by atoms with Crippen LogP contribution in [0.25, 0.3) is 0 Å². The zero-order valence-corrected chi connectivity index (χ0v) is 5.12. The molecule has 0 spiro atoms. The molecule has 0 aromatic heterocycles.